The molecule has 0 spiro atoms. The topological polar surface area (TPSA) is 70.5 Å². The molecule has 4 rings (SSSR count). The Morgan fingerprint density at radius 1 is 0.968 bits per heavy atom. The van der Waals surface area contributed by atoms with E-state index in [1.54, 1.807) is 28.0 Å². The van der Waals surface area contributed by atoms with Crippen LogP contribution >= 0.6 is 11.6 Å². The normalized spacial score (nSPS) is 14.9. The van der Waals surface area contributed by atoms with Crippen LogP contribution in [0.1, 0.15) is 11.6 Å². The molecule has 1 unspecified atom stereocenters. The Morgan fingerprint density at radius 2 is 1.68 bits per heavy atom. The highest BCUT2D eigenvalue weighted by Crippen LogP contribution is 2.20. The standard InChI is InChI=1S/C23H24ClN5O2/c24-19-7-9-20(10-8-19)27-13-15-28(16-14-27)21(30)17-25-23(31)22(29-12-4-11-26-29)18-5-2-1-3-6-18/h1-12,22H,13-17H2,(H,25,31). The number of carbonyl (C=O) groups is 2. The number of carbonyl (C=O) groups excluding carboxylic acids is 2. The second kappa shape index (κ2) is 9.66. The zero-order valence-corrected chi connectivity index (χ0v) is 17.8. The average Bonchev–Trinajstić information content (AvgIpc) is 3.33. The van der Waals surface area contributed by atoms with E-state index in [1.807, 2.05) is 54.6 Å². The monoisotopic (exact) mass is 437 g/mol. The molecule has 1 aromatic heterocycles. The summed E-state index contributed by atoms with van der Waals surface area (Å²) in [6.45, 7) is 2.66. The van der Waals surface area contributed by atoms with Crippen LogP contribution in [0.3, 0.4) is 0 Å². The molecule has 1 aliphatic rings. The number of benzene rings is 2. The lowest BCUT2D eigenvalue weighted by Crippen LogP contribution is -2.51. The number of anilines is 1. The first-order valence-electron chi connectivity index (χ1n) is 10.2. The highest BCUT2D eigenvalue weighted by molar-refractivity contribution is 6.30. The summed E-state index contributed by atoms with van der Waals surface area (Å²) in [4.78, 5) is 29.6. The maximum atomic E-state index is 12.9. The van der Waals surface area contributed by atoms with E-state index in [1.165, 1.54) is 0 Å². The van der Waals surface area contributed by atoms with Crippen LogP contribution in [0, 0.1) is 0 Å². The lowest BCUT2D eigenvalue weighted by molar-refractivity contribution is -0.133. The largest absolute Gasteiger partial charge is 0.368 e. The van der Waals surface area contributed by atoms with Crippen molar-refractivity contribution in [2.75, 3.05) is 37.6 Å². The van der Waals surface area contributed by atoms with E-state index < -0.39 is 6.04 Å². The number of nitrogens with zero attached hydrogens (tertiary/aromatic N) is 4. The van der Waals surface area contributed by atoms with Crippen molar-refractivity contribution in [3.63, 3.8) is 0 Å². The summed E-state index contributed by atoms with van der Waals surface area (Å²) < 4.78 is 1.60. The van der Waals surface area contributed by atoms with Crippen molar-refractivity contribution in [3.8, 4) is 0 Å². The maximum Gasteiger partial charge on any atom is 0.249 e. The Hall–Kier alpha value is -3.32. The fraction of sp³-hybridized carbons (Fsp3) is 0.261. The van der Waals surface area contributed by atoms with Crippen molar-refractivity contribution >= 4 is 29.1 Å². The molecule has 1 saturated heterocycles. The molecule has 1 N–H and O–H groups in total. The molecule has 1 aliphatic heterocycles. The van der Waals surface area contributed by atoms with E-state index in [0.717, 1.165) is 24.3 Å². The van der Waals surface area contributed by atoms with Gasteiger partial charge in [-0.05, 0) is 35.9 Å². The van der Waals surface area contributed by atoms with Crippen LogP contribution in [0.15, 0.2) is 73.1 Å². The van der Waals surface area contributed by atoms with Crippen LogP contribution in [0.5, 0.6) is 0 Å². The highest BCUT2D eigenvalue weighted by atomic mass is 35.5. The molecule has 31 heavy (non-hydrogen) atoms. The maximum absolute atomic E-state index is 12.9. The van der Waals surface area contributed by atoms with E-state index in [9.17, 15) is 9.59 Å². The second-order valence-electron chi connectivity index (χ2n) is 7.36. The lowest BCUT2D eigenvalue weighted by atomic mass is 10.1. The Kier molecular flexibility index (Phi) is 6.52. The Balaban J connectivity index is 1.33. The van der Waals surface area contributed by atoms with E-state index in [0.29, 0.717) is 18.1 Å². The minimum atomic E-state index is -0.620. The fourth-order valence-electron chi connectivity index (χ4n) is 3.73. The van der Waals surface area contributed by atoms with E-state index in [-0.39, 0.29) is 18.4 Å². The molecular weight excluding hydrogens is 414 g/mol. The molecule has 2 aromatic carbocycles. The number of aromatic nitrogens is 2. The molecule has 0 bridgehead atoms. The van der Waals surface area contributed by atoms with Crippen LogP contribution in [0.4, 0.5) is 5.69 Å². The molecule has 0 aliphatic carbocycles. The molecule has 160 valence electrons. The SMILES string of the molecule is O=C(NCC(=O)N1CCN(c2ccc(Cl)cc2)CC1)C(c1ccccc1)n1cccn1. The average molecular weight is 438 g/mol. The van der Waals surface area contributed by atoms with Crippen LogP contribution in [0.2, 0.25) is 5.02 Å². The Morgan fingerprint density at radius 3 is 2.32 bits per heavy atom. The summed E-state index contributed by atoms with van der Waals surface area (Å²) in [6.07, 6.45) is 3.38. The van der Waals surface area contributed by atoms with Crippen LogP contribution in [-0.2, 0) is 9.59 Å². The molecule has 2 amide bonds. The van der Waals surface area contributed by atoms with Gasteiger partial charge in [-0.3, -0.25) is 14.3 Å². The third-order valence-electron chi connectivity index (χ3n) is 5.39. The van der Waals surface area contributed by atoms with Gasteiger partial charge in [-0.25, -0.2) is 0 Å². The fourth-order valence-corrected chi connectivity index (χ4v) is 3.86. The summed E-state index contributed by atoms with van der Waals surface area (Å²) in [7, 11) is 0. The van der Waals surface area contributed by atoms with Crippen molar-refractivity contribution in [1.29, 1.82) is 0 Å². The van der Waals surface area contributed by atoms with Gasteiger partial charge in [0, 0.05) is 49.3 Å². The zero-order chi connectivity index (χ0) is 21.6. The van der Waals surface area contributed by atoms with Gasteiger partial charge in [-0.1, -0.05) is 41.9 Å². The summed E-state index contributed by atoms with van der Waals surface area (Å²) >= 11 is 5.96. The Bertz CT molecular complexity index is 1000. The predicted octanol–water partition coefficient (Wildman–Crippen LogP) is 2.59. The predicted molar refractivity (Wildman–Crippen MR) is 120 cm³/mol. The van der Waals surface area contributed by atoms with Gasteiger partial charge >= 0.3 is 0 Å². The van der Waals surface area contributed by atoms with Gasteiger partial charge in [-0.15, -0.1) is 0 Å². The third-order valence-corrected chi connectivity index (χ3v) is 5.64. The minimum absolute atomic E-state index is 0.0373. The first-order chi connectivity index (χ1) is 15.1. The molecule has 2 heterocycles. The molecule has 0 saturated carbocycles. The van der Waals surface area contributed by atoms with Gasteiger partial charge in [0.25, 0.3) is 0 Å². The van der Waals surface area contributed by atoms with Crippen molar-refractivity contribution in [2.24, 2.45) is 0 Å². The summed E-state index contributed by atoms with van der Waals surface area (Å²) in [5.41, 5.74) is 1.91. The van der Waals surface area contributed by atoms with Crippen molar-refractivity contribution < 1.29 is 9.59 Å². The quantitative estimate of drug-likeness (QED) is 0.643. The van der Waals surface area contributed by atoms with Gasteiger partial charge in [0.2, 0.25) is 11.8 Å². The molecule has 7 nitrogen and oxygen atoms in total. The van der Waals surface area contributed by atoms with Crippen LogP contribution in [-0.4, -0.2) is 59.2 Å². The molecule has 1 atom stereocenters. The summed E-state index contributed by atoms with van der Waals surface area (Å²) in [6, 6.07) is 18.3. The first-order valence-corrected chi connectivity index (χ1v) is 10.6. The van der Waals surface area contributed by atoms with Crippen LogP contribution < -0.4 is 10.2 Å². The van der Waals surface area contributed by atoms with E-state index in [4.69, 9.17) is 11.6 Å². The molecule has 0 radical (unpaired) electrons. The summed E-state index contributed by atoms with van der Waals surface area (Å²) in [5, 5.41) is 7.72. The van der Waals surface area contributed by atoms with Gasteiger partial charge in [0.15, 0.2) is 6.04 Å². The highest BCUT2D eigenvalue weighted by Gasteiger charge is 2.25. The number of halogens is 1. The number of hydrogen-bond acceptors (Lipinski definition) is 4. The number of piperazine rings is 1. The van der Waals surface area contributed by atoms with Gasteiger partial charge in [0.05, 0.1) is 6.54 Å². The molecule has 3 aromatic rings. The minimum Gasteiger partial charge on any atom is -0.368 e. The number of amides is 2. The van der Waals surface area contributed by atoms with Crippen molar-refractivity contribution in [2.45, 2.75) is 6.04 Å². The summed E-state index contributed by atoms with van der Waals surface area (Å²) in [5.74, 6) is -0.348. The third kappa shape index (κ3) is 5.06. The molecule has 1 fully saturated rings. The Labute approximate surface area is 186 Å². The van der Waals surface area contributed by atoms with Gasteiger partial charge in [-0.2, -0.15) is 5.10 Å². The van der Waals surface area contributed by atoms with Gasteiger partial charge < -0.3 is 15.1 Å². The molecule has 8 heteroatoms. The number of rotatable bonds is 6. The second-order valence-corrected chi connectivity index (χ2v) is 7.80. The number of hydrogen-bond donors (Lipinski definition) is 1. The van der Waals surface area contributed by atoms with Crippen molar-refractivity contribution in [1.82, 2.24) is 20.0 Å². The zero-order valence-electron chi connectivity index (χ0n) is 17.0. The first kappa shape index (κ1) is 20.9. The van der Waals surface area contributed by atoms with Gasteiger partial charge in [0.1, 0.15) is 0 Å². The lowest BCUT2D eigenvalue weighted by Gasteiger charge is -2.36. The van der Waals surface area contributed by atoms with Crippen molar-refractivity contribution in [3.05, 3.63) is 83.6 Å². The number of nitrogens with one attached hydrogen (secondary N) is 1. The smallest absolute Gasteiger partial charge is 0.249 e. The molecular formula is C23H24ClN5O2. The van der Waals surface area contributed by atoms with E-state index in [2.05, 4.69) is 15.3 Å². The van der Waals surface area contributed by atoms with Crippen LogP contribution in [0.25, 0.3) is 0 Å². The van der Waals surface area contributed by atoms with E-state index >= 15 is 0 Å².